The summed E-state index contributed by atoms with van der Waals surface area (Å²) in [5.41, 5.74) is 5.33. The number of hydrogen-bond donors (Lipinski definition) is 2. The fourth-order valence-electron chi connectivity index (χ4n) is 1.98. The van der Waals surface area contributed by atoms with Crippen LogP contribution in [-0.2, 0) is 14.3 Å². The lowest BCUT2D eigenvalue weighted by Gasteiger charge is -2.26. The molecule has 1 amide bonds. The zero-order valence-electron chi connectivity index (χ0n) is 15.9. The molecule has 0 spiro atoms. The average molecular weight is 402 g/mol. The van der Waals surface area contributed by atoms with Crippen molar-refractivity contribution >= 4 is 27.5 Å². The first-order valence-electron chi connectivity index (χ1n) is 8.86. The van der Waals surface area contributed by atoms with Crippen molar-refractivity contribution in [1.82, 2.24) is 10.3 Å². The highest BCUT2D eigenvalue weighted by Crippen LogP contribution is 2.29. The van der Waals surface area contributed by atoms with Gasteiger partial charge >= 0.3 is 0 Å². The maximum absolute atomic E-state index is 11.8. The van der Waals surface area contributed by atoms with E-state index in [0.29, 0.717) is 32.7 Å². The molecule has 0 aliphatic rings. The minimum absolute atomic E-state index is 0.0192. The minimum Gasteiger partial charge on any atom is -0.374 e. The third kappa shape index (κ3) is 11.7. The van der Waals surface area contributed by atoms with Crippen molar-refractivity contribution in [2.45, 2.75) is 50.3 Å². The van der Waals surface area contributed by atoms with Crippen molar-refractivity contribution in [2.75, 3.05) is 32.1 Å². The molecule has 8 heteroatoms. The van der Waals surface area contributed by atoms with Gasteiger partial charge in [-0.25, -0.2) is 4.98 Å². The number of carbonyl (C=O) groups is 1. The molecule has 1 unspecified atom stereocenters. The lowest BCUT2D eigenvalue weighted by atomic mass is 10.1. The van der Waals surface area contributed by atoms with Crippen LogP contribution in [0.15, 0.2) is 29.4 Å². The molecule has 0 fully saturated rings. The molecule has 3 N–H and O–H groups in total. The fourth-order valence-corrected chi connectivity index (χ4v) is 3.85. The first-order valence-corrected chi connectivity index (χ1v) is 11.2. The number of aromatic nitrogens is 1. The summed E-state index contributed by atoms with van der Waals surface area (Å²) >= 11 is 0. The molecular formula is C18H31N3O3S2. The molecule has 26 heavy (non-hydrogen) atoms. The second kappa shape index (κ2) is 13.4. The van der Waals surface area contributed by atoms with Crippen molar-refractivity contribution < 1.29 is 14.3 Å². The van der Waals surface area contributed by atoms with E-state index in [0.717, 1.165) is 17.2 Å². The summed E-state index contributed by atoms with van der Waals surface area (Å²) in [7, 11) is 3.21. The number of nitrogens with two attached hydrogens (primary N) is 1. The Bertz CT molecular complexity index is 504. The quantitative estimate of drug-likeness (QED) is 0.366. The van der Waals surface area contributed by atoms with Gasteiger partial charge in [-0.1, -0.05) is 16.9 Å². The predicted octanol–water partition coefficient (Wildman–Crippen LogP) is 2.88. The Morgan fingerprint density at radius 1 is 1.42 bits per heavy atom. The summed E-state index contributed by atoms with van der Waals surface area (Å²) in [5, 5.41) is 3.83. The number of pyridine rings is 1. The molecular weight excluding hydrogens is 370 g/mol. The third-order valence-corrected chi connectivity index (χ3v) is 5.74. The van der Waals surface area contributed by atoms with Crippen molar-refractivity contribution in [2.24, 2.45) is 5.73 Å². The Balaban J connectivity index is 2.00. The van der Waals surface area contributed by atoms with E-state index in [1.807, 2.05) is 39.0 Å². The van der Waals surface area contributed by atoms with E-state index in [1.165, 1.54) is 0 Å². The van der Waals surface area contributed by atoms with Crippen LogP contribution < -0.4 is 11.1 Å². The highest BCUT2D eigenvalue weighted by atomic mass is 33.1. The van der Waals surface area contributed by atoms with E-state index in [1.54, 1.807) is 27.8 Å². The van der Waals surface area contributed by atoms with Gasteiger partial charge < -0.3 is 20.5 Å². The van der Waals surface area contributed by atoms with Crippen LogP contribution in [0.5, 0.6) is 0 Å². The normalized spacial score (nSPS) is 12.8. The highest BCUT2D eigenvalue weighted by Gasteiger charge is 2.18. The van der Waals surface area contributed by atoms with Crippen LogP contribution in [0.25, 0.3) is 0 Å². The van der Waals surface area contributed by atoms with Gasteiger partial charge in [-0.15, -0.1) is 0 Å². The van der Waals surface area contributed by atoms with E-state index in [4.69, 9.17) is 15.2 Å². The molecule has 0 radical (unpaired) electrons. The Labute approximate surface area is 164 Å². The zero-order chi connectivity index (χ0) is 19.3. The maximum atomic E-state index is 11.8. The molecule has 0 aromatic carbocycles. The standard InChI is InChI=1S/C18H31N3O3S2/c1-15(14-24-18(2,3)8-9-19)23-12-11-20-16(22)7-13-25-26-17-6-4-5-10-21-17/h4-6,10,15H,7-9,11-14,19H2,1-3H3,(H,20,22). The van der Waals surface area contributed by atoms with Gasteiger partial charge in [0.05, 0.1) is 24.9 Å². The second-order valence-corrected chi connectivity index (χ2v) is 8.90. The Morgan fingerprint density at radius 2 is 2.23 bits per heavy atom. The molecule has 0 aliphatic heterocycles. The molecule has 0 bridgehead atoms. The molecule has 0 aliphatic carbocycles. The lowest BCUT2D eigenvalue weighted by molar-refractivity contribution is -0.121. The molecule has 1 atom stereocenters. The summed E-state index contributed by atoms with van der Waals surface area (Å²) in [4.78, 5) is 16.0. The summed E-state index contributed by atoms with van der Waals surface area (Å²) < 4.78 is 11.5. The molecule has 0 saturated carbocycles. The van der Waals surface area contributed by atoms with Gasteiger partial charge in [0.25, 0.3) is 0 Å². The van der Waals surface area contributed by atoms with Crippen LogP contribution >= 0.6 is 21.6 Å². The average Bonchev–Trinajstić information content (AvgIpc) is 2.62. The lowest BCUT2D eigenvalue weighted by Crippen LogP contribution is -2.33. The van der Waals surface area contributed by atoms with Gasteiger partial charge in [0.15, 0.2) is 0 Å². The molecule has 1 rings (SSSR count). The number of nitrogens with zero attached hydrogens (tertiary/aromatic N) is 1. The summed E-state index contributed by atoms with van der Waals surface area (Å²) in [6.07, 6.45) is 3.04. The van der Waals surface area contributed by atoms with Crippen molar-refractivity contribution in [3.8, 4) is 0 Å². The highest BCUT2D eigenvalue weighted by molar-refractivity contribution is 8.76. The summed E-state index contributed by atoms with van der Waals surface area (Å²) in [6.45, 7) is 8.12. The van der Waals surface area contributed by atoms with Crippen LogP contribution in [0.1, 0.15) is 33.6 Å². The van der Waals surface area contributed by atoms with E-state index in [9.17, 15) is 4.79 Å². The van der Waals surface area contributed by atoms with Gasteiger partial charge in [0.1, 0.15) is 5.03 Å². The van der Waals surface area contributed by atoms with E-state index in [2.05, 4.69) is 10.3 Å². The Hall–Kier alpha value is -0.800. The minimum atomic E-state index is -0.231. The van der Waals surface area contributed by atoms with Gasteiger partial charge in [-0.3, -0.25) is 4.79 Å². The SMILES string of the molecule is CC(COC(C)(C)CCN)OCCNC(=O)CCSSc1ccccn1. The van der Waals surface area contributed by atoms with Gasteiger partial charge in [0.2, 0.25) is 5.91 Å². The first kappa shape index (κ1) is 23.2. The van der Waals surface area contributed by atoms with Crippen molar-refractivity contribution in [3.63, 3.8) is 0 Å². The smallest absolute Gasteiger partial charge is 0.220 e. The summed E-state index contributed by atoms with van der Waals surface area (Å²) in [6, 6.07) is 5.79. The molecule has 6 nitrogen and oxygen atoms in total. The zero-order valence-corrected chi connectivity index (χ0v) is 17.5. The monoisotopic (exact) mass is 401 g/mol. The van der Waals surface area contributed by atoms with Crippen LogP contribution in [0, 0.1) is 0 Å². The first-order chi connectivity index (χ1) is 12.4. The largest absolute Gasteiger partial charge is 0.374 e. The molecule has 1 heterocycles. The van der Waals surface area contributed by atoms with Gasteiger partial charge in [0, 0.05) is 24.9 Å². The van der Waals surface area contributed by atoms with Crippen molar-refractivity contribution in [1.29, 1.82) is 0 Å². The molecule has 1 aromatic rings. The van der Waals surface area contributed by atoms with Crippen LogP contribution in [0.2, 0.25) is 0 Å². The van der Waals surface area contributed by atoms with Crippen LogP contribution in [-0.4, -0.2) is 54.7 Å². The Kier molecular flexibility index (Phi) is 12.0. The number of rotatable bonds is 14. The second-order valence-electron chi connectivity index (χ2n) is 6.46. The summed E-state index contributed by atoms with van der Waals surface area (Å²) in [5.74, 6) is 0.782. The van der Waals surface area contributed by atoms with Gasteiger partial charge in [-0.05, 0) is 56.7 Å². The van der Waals surface area contributed by atoms with Crippen molar-refractivity contribution in [3.05, 3.63) is 24.4 Å². The topological polar surface area (TPSA) is 86.5 Å². The van der Waals surface area contributed by atoms with E-state index < -0.39 is 0 Å². The maximum Gasteiger partial charge on any atom is 0.220 e. The van der Waals surface area contributed by atoms with Crippen LogP contribution in [0.3, 0.4) is 0 Å². The number of hydrogen-bond acceptors (Lipinski definition) is 7. The fraction of sp³-hybridized carbons (Fsp3) is 0.667. The molecule has 1 aromatic heterocycles. The Morgan fingerprint density at radius 3 is 2.92 bits per heavy atom. The van der Waals surface area contributed by atoms with Gasteiger partial charge in [-0.2, -0.15) is 0 Å². The predicted molar refractivity (Wildman–Crippen MR) is 109 cm³/mol. The number of ether oxygens (including phenoxy) is 2. The third-order valence-electron chi connectivity index (χ3n) is 3.48. The van der Waals surface area contributed by atoms with E-state index >= 15 is 0 Å². The van der Waals surface area contributed by atoms with E-state index in [-0.39, 0.29) is 17.6 Å². The van der Waals surface area contributed by atoms with Crippen LogP contribution in [0.4, 0.5) is 0 Å². The number of amides is 1. The number of nitrogens with one attached hydrogen (secondary N) is 1. The molecule has 0 saturated heterocycles. The number of carbonyl (C=O) groups excluding carboxylic acids is 1. The molecule has 148 valence electrons.